The number of piperidine rings is 1. The van der Waals surface area contributed by atoms with Crippen molar-refractivity contribution in [2.75, 3.05) is 33.4 Å². The van der Waals surface area contributed by atoms with Crippen molar-refractivity contribution >= 4 is 6.08 Å². The molecule has 6 nitrogen and oxygen atoms in total. The Bertz CT molecular complexity index is 1090. The monoisotopic (exact) mass is 416 g/mol. The summed E-state index contributed by atoms with van der Waals surface area (Å²) in [7, 11) is 3.63. The fraction of sp³-hybridized carbons (Fsp3) is 0.360. The molecular weight excluding hydrogens is 388 g/mol. The van der Waals surface area contributed by atoms with Crippen LogP contribution in [0.25, 0.3) is 17.2 Å². The van der Waals surface area contributed by atoms with Gasteiger partial charge in [0.2, 0.25) is 0 Å². The smallest absolute Gasteiger partial charge is 0.127 e. The number of pyridine rings is 1. The third kappa shape index (κ3) is 4.35. The molecule has 0 aliphatic carbocycles. The second kappa shape index (κ2) is 8.55. The standard InChI is InChI=1S/C25H28N4O2/c1-28-15-22(13-27-28)19-5-7-24(26-12-19)20-4-3-9-29(16-20)14-18-10-21-11-23(30-2)6-8-25(21)31-17-18/h5-8,10-13,15,20H,3-4,9,14,16-17H2,1-2H3. The van der Waals surface area contributed by atoms with E-state index in [0.717, 1.165) is 47.8 Å². The van der Waals surface area contributed by atoms with Crippen molar-refractivity contribution in [3.8, 4) is 22.6 Å². The minimum Gasteiger partial charge on any atom is -0.497 e. The Balaban J connectivity index is 1.26. The molecule has 160 valence electrons. The molecule has 5 rings (SSSR count). The largest absolute Gasteiger partial charge is 0.497 e. The highest BCUT2D eigenvalue weighted by Gasteiger charge is 2.24. The van der Waals surface area contributed by atoms with E-state index in [-0.39, 0.29) is 0 Å². The van der Waals surface area contributed by atoms with E-state index < -0.39 is 0 Å². The maximum absolute atomic E-state index is 5.98. The summed E-state index contributed by atoms with van der Waals surface area (Å²) < 4.78 is 13.2. The van der Waals surface area contributed by atoms with E-state index >= 15 is 0 Å². The summed E-state index contributed by atoms with van der Waals surface area (Å²) in [5.41, 5.74) is 5.81. The molecule has 0 saturated carbocycles. The third-order valence-corrected chi connectivity index (χ3v) is 6.16. The summed E-state index contributed by atoms with van der Waals surface area (Å²) in [6, 6.07) is 10.3. The average molecular weight is 417 g/mol. The van der Waals surface area contributed by atoms with Crippen molar-refractivity contribution in [2.45, 2.75) is 18.8 Å². The zero-order valence-corrected chi connectivity index (χ0v) is 18.1. The van der Waals surface area contributed by atoms with Crippen LogP contribution in [0.5, 0.6) is 11.5 Å². The van der Waals surface area contributed by atoms with E-state index in [1.165, 1.54) is 24.1 Å². The van der Waals surface area contributed by atoms with E-state index in [0.29, 0.717) is 12.5 Å². The molecule has 1 aromatic carbocycles. The van der Waals surface area contributed by atoms with E-state index in [9.17, 15) is 0 Å². The number of hydrogen-bond acceptors (Lipinski definition) is 5. The molecule has 2 aliphatic rings. The van der Waals surface area contributed by atoms with Crippen LogP contribution in [-0.2, 0) is 7.05 Å². The number of rotatable bonds is 5. The van der Waals surface area contributed by atoms with Crippen molar-refractivity contribution < 1.29 is 9.47 Å². The van der Waals surface area contributed by atoms with Crippen molar-refractivity contribution in [1.29, 1.82) is 0 Å². The Morgan fingerprint density at radius 3 is 2.87 bits per heavy atom. The first-order chi connectivity index (χ1) is 15.2. The number of aromatic nitrogens is 3. The molecule has 6 heteroatoms. The zero-order chi connectivity index (χ0) is 21.2. The van der Waals surface area contributed by atoms with Crippen LogP contribution in [-0.4, -0.2) is 53.0 Å². The molecule has 0 spiro atoms. The molecule has 2 aliphatic heterocycles. The van der Waals surface area contributed by atoms with Crippen molar-refractivity contribution in [3.05, 3.63) is 65.8 Å². The molecule has 0 radical (unpaired) electrons. The highest BCUT2D eigenvalue weighted by Crippen LogP contribution is 2.32. The average Bonchev–Trinajstić information content (AvgIpc) is 3.25. The fourth-order valence-electron chi connectivity index (χ4n) is 4.54. The number of benzene rings is 1. The van der Waals surface area contributed by atoms with E-state index in [4.69, 9.17) is 14.5 Å². The van der Waals surface area contributed by atoms with Gasteiger partial charge in [-0.05, 0) is 55.3 Å². The Labute approximate surface area is 183 Å². The maximum Gasteiger partial charge on any atom is 0.127 e. The third-order valence-electron chi connectivity index (χ3n) is 6.16. The molecule has 2 aromatic heterocycles. The lowest BCUT2D eigenvalue weighted by Crippen LogP contribution is -2.37. The van der Waals surface area contributed by atoms with Gasteiger partial charge in [0.25, 0.3) is 0 Å². The van der Waals surface area contributed by atoms with Crippen LogP contribution >= 0.6 is 0 Å². The summed E-state index contributed by atoms with van der Waals surface area (Å²) in [5, 5.41) is 4.25. The van der Waals surface area contributed by atoms with Crippen LogP contribution in [0.3, 0.4) is 0 Å². The van der Waals surface area contributed by atoms with Gasteiger partial charge in [-0.1, -0.05) is 6.07 Å². The van der Waals surface area contributed by atoms with Gasteiger partial charge >= 0.3 is 0 Å². The van der Waals surface area contributed by atoms with Crippen LogP contribution in [0.1, 0.15) is 30.0 Å². The first kappa shape index (κ1) is 19.8. The first-order valence-electron chi connectivity index (χ1n) is 10.9. The summed E-state index contributed by atoms with van der Waals surface area (Å²) in [6.07, 6.45) is 10.5. The predicted octanol–water partition coefficient (Wildman–Crippen LogP) is 4.15. The number of aryl methyl sites for hydroxylation is 1. The van der Waals surface area contributed by atoms with Gasteiger partial charge in [-0.3, -0.25) is 14.6 Å². The van der Waals surface area contributed by atoms with Gasteiger partial charge in [-0.25, -0.2) is 0 Å². The van der Waals surface area contributed by atoms with Crippen LogP contribution in [0.4, 0.5) is 0 Å². The summed E-state index contributed by atoms with van der Waals surface area (Å²) >= 11 is 0. The number of likely N-dealkylation sites (tertiary alicyclic amines) is 1. The maximum atomic E-state index is 5.98. The summed E-state index contributed by atoms with van der Waals surface area (Å²) in [6.45, 7) is 3.73. The van der Waals surface area contributed by atoms with Gasteiger partial charge in [0.15, 0.2) is 0 Å². The molecule has 3 aromatic rings. The Morgan fingerprint density at radius 1 is 1.16 bits per heavy atom. The van der Waals surface area contributed by atoms with Crippen molar-refractivity contribution in [2.24, 2.45) is 7.05 Å². The van der Waals surface area contributed by atoms with Gasteiger partial charge in [0, 0.05) is 60.8 Å². The minimum atomic E-state index is 0.467. The molecule has 1 saturated heterocycles. The number of hydrogen-bond donors (Lipinski definition) is 0. The van der Waals surface area contributed by atoms with Crippen molar-refractivity contribution in [1.82, 2.24) is 19.7 Å². The van der Waals surface area contributed by atoms with Gasteiger partial charge in [-0.2, -0.15) is 5.10 Å². The molecule has 0 N–H and O–H groups in total. The lowest BCUT2D eigenvalue weighted by Gasteiger charge is -2.33. The van der Waals surface area contributed by atoms with E-state index in [1.807, 2.05) is 48.5 Å². The Hall–Kier alpha value is -3.12. The SMILES string of the molecule is COc1ccc2c(c1)C=C(CN1CCCC(c3ccc(-c4cnn(C)c4)cn3)C1)CO2. The van der Waals surface area contributed by atoms with Gasteiger partial charge in [-0.15, -0.1) is 0 Å². The number of fused-ring (bicyclic) bond motifs is 1. The number of ether oxygens (including phenoxy) is 2. The van der Waals surface area contributed by atoms with Crippen LogP contribution < -0.4 is 9.47 Å². The van der Waals surface area contributed by atoms with Gasteiger partial charge in [0.05, 0.1) is 13.3 Å². The molecule has 1 unspecified atom stereocenters. The highest BCUT2D eigenvalue weighted by atomic mass is 16.5. The van der Waals surface area contributed by atoms with Gasteiger partial charge in [0.1, 0.15) is 18.1 Å². The summed E-state index contributed by atoms with van der Waals surface area (Å²) in [5.74, 6) is 2.26. The lowest BCUT2D eigenvalue weighted by atomic mass is 9.93. The Kier molecular flexibility index (Phi) is 5.47. The van der Waals surface area contributed by atoms with Crippen molar-refractivity contribution in [3.63, 3.8) is 0 Å². The highest BCUT2D eigenvalue weighted by molar-refractivity contribution is 5.64. The molecule has 1 atom stereocenters. The normalized spacial score (nSPS) is 18.8. The molecule has 31 heavy (non-hydrogen) atoms. The quantitative estimate of drug-likeness (QED) is 0.626. The first-order valence-corrected chi connectivity index (χ1v) is 10.9. The molecular formula is C25H28N4O2. The fourth-order valence-corrected chi connectivity index (χ4v) is 4.54. The second-order valence-corrected chi connectivity index (χ2v) is 8.44. The van der Waals surface area contributed by atoms with Gasteiger partial charge < -0.3 is 9.47 Å². The molecule has 0 amide bonds. The van der Waals surface area contributed by atoms with E-state index in [1.54, 1.807) is 7.11 Å². The summed E-state index contributed by atoms with van der Waals surface area (Å²) in [4.78, 5) is 7.33. The van der Waals surface area contributed by atoms with Crippen LogP contribution in [0.15, 0.2) is 54.5 Å². The predicted molar refractivity (Wildman–Crippen MR) is 121 cm³/mol. The minimum absolute atomic E-state index is 0.467. The molecule has 1 fully saturated rings. The molecule has 0 bridgehead atoms. The van der Waals surface area contributed by atoms with E-state index in [2.05, 4.69) is 28.2 Å². The number of methoxy groups -OCH3 is 1. The van der Waals surface area contributed by atoms with Crippen LogP contribution in [0.2, 0.25) is 0 Å². The Morgan fingerprint density at radius 2 is 2.10 bits per heavy atom. The zero-order valence-electron chi connectivity index (χ0n) is 18.1. The van der Waals surface area contributed by atoms with Crippen LogP contribution in [0, 0.1) is 0 Å². The molecule has 4 heterocycles. The second-order valence-electron chi connectivity index (χ2n) is 8.44. The lowest BCUT2D eigenvalue weighted by molar-refractivity contribution is 0.213. The topological polar surface area (TPSA) is 52.4 Å². The number of nitrogens with zero attached hydrogens (tertiary/aromatic N) is 4.